The van der Waals surface area contributed by atoms with Gasteiger partial charge in [0.25, 0.3) is 0 Å². The molecule has 4 nitrogen and oxygen atoms in total. The molecule has 0 spiro atoms. The predicted molar refractivity (Wildman–Crippen MR) is 120 cm³/mol. The lowest BCUT2D eigenvalue weighted by molar-refractivity contribution is -0.159. The molecule has 0 aromatic heterocycles. The number of fused-ring (bicyclic) bond motifs is 5. The van der Waals surface area contributed by atoms with Crippen molar-refractivity contribution in [1.82, 2.24) is 4.48 Å². The van der Waals surface area contributed by atoms with Gasteiger partial charge in [-0.15, -0.1) is 0 Å². The highest BCUT2D eigenvalue weighted by atomic mass is 16.5. The largest absolute Gasteiger partial charge is 0.457 e. The summed E-state index contributed by atoms with van der Waals surface area (Å²) in [7, 11) is 0. The summed E-state index contributed by atoms with van der Waals surface area (Å²) in [4.78, 5) is 13.6. The number of hydrogen-bond donors (Lipinski definition) is 0. The molecule has 3 saturated heterocycles. The molecule has 156 valence electrons. The molecule has 31 heavy (non-hydrogen) atoms. The van der Waals surface area contributed by atoms with Crippen molar-refractivity contribution in [3.63, 3.8) is 0 Å². The van der Waals surface area contributed by atoms with Gasteiger partial charge in [0.1, 0.15) is 29.6 Å². The van der Waals surface area contributed by atoms with Crippen LogP contribution in [-0.2, 0) is 9.53 Å². The van der Waals surface area contributed by atoms with Crippen molar-refractivity contribution in [3.8, 4) is 11.5 Å². The fraction of sp³-hybridized carbons (Fsp3) is 0.296. The summed E-state index contributed by atoms with van der Waals surface area (Å²) in [6.45, 7) is 3.13. The first kappa shape index (κ1) is 18.6. The molecule has 3 fully saturated rings. The summed E-state index contributed by atoms with van der Waals surface area (Å²) < 4.78 is 13.3. The van der Waals surface area contributed by atoms with Crippen LogP contribution in [-0.4, -0.2) is 31.7 Å². The Balaban J connectivity index is 1.31. The fourth-order valence-corrected chi connectivity index (χ4v) is 5.75. The molecular formula is C27H26NO3+. The Morgan fingerprint density at radius 1 is 0.806 bits per heavy atom. The highest BCUT2D eigenvalue weighted by Gasteiger charge is 2.49. The Morgan fingerprint density at radius 2 is 1.39 bits per heavy atom. The Bertz CT molecular complexity index is 1070. The monoisotopic (exact) mass is 412 g/mol. The minimum atomic E-state index is -0.443. The lowest BCUT2D eigenvalue weighted by Crippen LogP contribution is -2.65. The number of ether oxygens (including phenoxy) is 2. The van der Waals surface area contributed by atoms with E-state index in [4.69, 9.17) is 9.47 Å². The van der Waals surface area contributed by atoms with Crippen molar-refractivity contribution >= 4 is 11.7 Å². The van der Waals surface area contributed by atoms with E-state index in [2.05, 4.69) is 30.3 Å². The number of carbonyl (C=O) groups is 1. The van der Waals surface area contributed by atoms with Gasteiger partial charge in [0.05, 0.1) is 13.1 Å². The van der Waals surface area contributed by atoms with Gasteiger partial charge in [0.2, 0.25) is 0 Å². The van der Waals surface area contributed by atoms with E-state index in [1.165, 1.54) is 5.69 Å². The number of piperidine rings is 3. The van der Waals surface area contributed by atoms with Gasteiger partial charge in [-0.25, -0.2) is 0 Å². The molecule has 0 radical (unpaired) electrons. The number of carbonyl (C=O) groups excluding carboxylic acids is 1. The number of para-hydroxylation sites is 3. The lowest BCUT2D eigenvalue weighted by atomic mass is 9.82. The molecule has 1 atom stereocenters. The average molecular weight is 413 g/mol. The predicted octanol–water partition coefficient (Wildman–Crippen LogP) is 5.27. The topological polar surface area (TPSA) is 35.5 Å². The highest BCUT2D eigenvalue weighted by molar-refractivity contribution is 5.85. The van der Waals surface area contributed by atoms with Gasteiger partial charge >= 0.3 is 5.97 Å². The molecule has 4 heteroatoms. The minimum absolute atomic E-state index is 0.0441. The van der Waals surface area contributed by atoms with E-state index in [9.17, 15) is 4.79 Å². The van der Waals surface area contributed by atoms with Crippen LogP contribution in [0.5, 0.6) is 11.5 Å². The molecule has 0 saturated carbocycles. The SMILES string of the molecule is O=C(O[C@H]1C[N+]2(c3ccccc3)CCC1CC2)C1c2ccccc2Oc2ccccc21. The molecule has 0 amide bonds. The van der Waals surface area contributed by atoms with Crippen molar-refractivity contribution < 1.29 is 14.3 Å². The second-order valence-corrected chi connectivity index (χ2v) is 9.03. The van der Waals surface area contributed by atoms with Crippen LogP contribution in [0, 0.1) is 5.92 Å². The number of benzene rings is 3. The highest BCUT2D eigenvalue weighted by Crippen LogP contribution is 2.46. The van der Waals surface area contributed by atoms with Crippen molar-refractivity contribution in [2.45, 2.75) is 24.9 Å². The van der Waals surface area contributed by atoms with Crippen LogP contribution < -0.4 is 9.22 Å². The number of nitrogens with zero attached hydrogens (tertiary/aromatic N) is 1. The zero-order chi connectivity index (χ0) is 20.8. The van der Waals surface area contributed by atoms with Crippen LogP contribution in [0.1, 0.15) is 29.9 Å². The zero-order valence-electron chi connectivity index (χ0n) is 17.4. The van der Waals surface area contributed by atoms with Gasteiger partial charge in [0, 0.05) is 29.9 Å². The number of hydrogen-bond acceptors (Lipinski definition) is 3. The smallest absolute Gasteiger partial charge is 0.318 e. The number of rotatable bonds is 3. The molecular weight excluding hydrogens is 386 g/mol. The molecule has 0 aliphatic carbocycles. The third-order valence-corrected chi connectivity index (χ3v) is 7.40. The van der Waals surface area contributed by atoms with E-state index >= 15 is 0 Å². The van der Waals surface area contributed by atoms with E-state index in [1.807, 2.05) is 48.5 Å². The summed E-state index contributed by atoms with van der Waals surface area (Å²) in [6.07, 6.45) is 2.17. The normalized spacial score (nSPS) is 26.5. The van der Waals surface area contributed by atoms with Gasteiger partial charge in [-0.1, -0.05) is 54.6 Å². The second kappa shape index (κ2) is 7.24. The van der Waals surface area contributed by atoms with Crippen LogP contribution >= 0.6 is 0 Å². The van der Waals surface area contributed by atoms with Gasteiger partial charge in [0.15, 0.2) is 6.10 Å². The summed E-state index contributed by atoms with van der Waals surface area (Å²) in [5.74, 6) is 1.34. The first-order chi connectivity index (χ1) is 15.2. The maximum absolute atomic E-state index is 13.6. The summed E-state index contributed by atoms with van der Waals surface area (Å²) in [6, 6.07) is 26.3. The summed E-state index contributed by atoms with van der Waals surface area (Å²) in [5.41, 5.74) is 3.11. The first-order valence-electron chi connectivity index (χ1n) is 11.2. The number of quaternary nitrogens is 1. The van der Waals surface area contributed by atoms with E-state index in [1.54, 1.807) is 0 Å². The quantitative estimate of drug-likeness (QED) is 0.434. The molecule has 7 rings (SSSR count). The molecule has 3 aromatic rings. The molecule has 2 bridgehead atoms. The number of esters is 1. The molecule has 3 aromatic carbocycles. The van der Waals surface area contributed by atoms with Gasteiger partial charge in [-0.05, 0) is 24.3 Å². The van der Waals surface area contributed by atoms with Crippen LogP contribution in [0.15, 0.2) is 78.9 Å². The summed E-state index contributed by atoms with van der Waals surface area (Å²) in [5, 5.41) is 0. The Morgan fingerprint density at radius 3 is 2.03 bits per heavy atom. The Kier molecular flexibility index (Phi) is 4.35. The molecule has 4 heterocycles. The molecule has 0 unspecified atom stereocenters. The van der Waals surface area contributed by atoms with E-state index < -0.39 is 5.92 Å². The van der Waals surface area contributed by atoms with Crippen LogP contribution in [0.25, 0.3) is 0 Å². The van der Waals surface area contributed by atoms with Crippen LogP contribution in [0.3, 0.4) is 0 Å². The maximum Gasteiger partial charge on any atom is 0.318 e. The van der Waals surface area contributed by atoms with E-state index in [0.717, 1.165) is 59.6 Å². The van der Waals surface area contributed by atoms with Crippen molar-refractivity contribution in [1.29, 1.82) is 0 Å². The molecule has 0 N–H and O–H groups in total. The van der Waals surface area contributed by atoms with Gasteiger partial charge < -0.3 is 9.47 Å². The van der Waals surface area contributed by atoms with E-state index in [0.29, 0.717) is 5.92 Å². The van der Waals surface area contributed by atoms with Crippen molar-refractivity contribution in [3.05, 3.63) is 90.0 Å². The van der Waals surface area contributed by atoms with Crippen molar-refractivity contribution in [2.75, 3.05) is 19.6 Å². The van der Waals surface area contributed by atoms with Crippen LogP contribution in [0.4, 0.5) is 5.69 Å². The minimum Gasteiger partial charge on any atom is -0.457 e. The third kappa shape index (κ3) is 3.05. The molecule has 4 aliphatic heterocycles. The van der Waals surface area contributed by atoms with Gasteiger partial charge in [-0.3, -0.25) is 9.28 Å². The second-order valence-electron chi connectivity index (χ2n) is 9.03. The van der Waals surface area contributed by atoms with Crippen LogP contribution in [0.2, 0.25) is 0 Å². The average Bonchev–Trinajstić information content (AvgIpc) is 2.83. The van der Waals surface area contributed by atoms with Gasteiger partial charge in [-0.2, -0.15) is 0 Å². The Hall–Kier alpha value is -3.11. The van der Waals surface area contributed by atoms with Crippen molar-refractivity contribution in [2.24, 2.45) is 5.92 Å². The summed E-state index contributed by atoms with van der Waals surface area (Å²) >= 11 is 0. The molecule has 4 aliphatic rings. The zero-order valence-corrected chi connectivity index (χ0v) is 17.4. The first-order valence-corrected chi connectivity index (χ1v) is 11.2. The van der Waals surface area contributed by atoms with E-state index in [-0.39, 0.29) is 12.1 Å². The lowest BCUT2D eigenvalue weighted by Gasteiger charge is -2.51. The fourth-order valence-electron chi connectivity index (χ4n) is 5.75. The third-order valence-electron chi connectivity index (χ3n) is 7.40. The maximum atomic E-state index is 13.6. The standard InChI is InChI=1S/C27H26NO3/c29-27(26-21-10-4-6-12-23(21)30-24-13-7-5-11-22(24)26)31-25-18-28(16-14-19(25)15-17-28)20-8-2-1-3-9-20/h1-13,19,25-26H,14-18H2/q+1/t19?,25-,28?/m0/s1. The Labute approximate surface area is 182 Å².